The number of carbonyl (C=O) groups is 3. The van der Waals surface area contributed by atoms with Crippen LogP contribution in [0, 0.1) is 5.82 Å². The summed E-state index contributed by atoms with van der Waals surface area (Å²) in [5.41, 5.74) is 8.64. The fraction of sp³-hybridized carbons (Fsp3) is 0.432. The van der Waals surface area contributed by atoms with Crippen molar-refractivity contribution in [3.8, 4) is 16.9 Å². The molecule has 3 aromatic rings. The molecule has 2 aliphatic heterocycles. The van der Waals surface area contributed by atoms with Gasteiger partial charge >= 0.3 is 6.09 Å². The van der Waals surface area contributed by atoms with Crippen LogP contribution in [0.4, 0.5) is 14.9 Å². The number of halogens is 1. The van der Waals surface area contributed by atoms with Crippen molar-refractivity contribution in [2.75, 3.05) is 71.9 Å². The Balaban J connectivity index is 1.49. The lowest BCUT2D eigenvalue weighted by atomic mass is 9.92. The van der Waals surface area contributed by atoms with E-state index in [0.717, 1.165) is 11.3 Å². The Hall–Kier alpha value is -5.20. The van der Waals surface area contributed by atoms with E-state index in [1.807, 2.05) is 45.0 Å². The molecule has 0 bridgehead atoms. The van der Waals surface area contributed by atoms with Crippen molar-refractivity contribution in [3.05, 3.63) is 65.9 Å². The van der Waals surface area contributed by atoms with Crippen molar-refractivity contribution >= 4 is 40.1 Å². The van der Waals surface area contributed by atoms with Gasteiger partial charge in [-0.1, -0.05) is 6.08 Å². The molecule has 0 unspecified atom stereocenters. The van der Waals surface area contributed by atoms with Crippen LogP contribution in [0.1, 0.15) is 49.7 Å². The van der Waals surface area contributed by atoms with E-state index in [4.69, 9.17) is 15.2 Å². The number of nitrogens with two attached hydrogens (primary N) is 1. The van der Waals surface area contributed by atoms with Crippen molar-refractivity contribution in [2.24, 2.45) is 5.73 Å². The Labute approximate surface area is 292 Å². The van der Waals surface area contributed by atoms with Crippen molar-refractivity contribution in [1.82, 2.24) is 25.0 Å². The van der Waals surface area contributed by atoms with Gasteiger partial charge < -0.3 is 45.1 Å². The molecule has 0 aliphatic carbocycles. The molecule has 0 saturated carbocycles. The number of ether oxygens (including phenoxy) is 2. The lowest BCUT2D eigenvalue weighted by Crippen LogP contribution is -2.50. The number of anilines is 1. The number of H-pyrrole nitrogens is 1. The number of methoxy groups -OCH3 is 1. The summed E-state index contributed by atoms with van der Waals surface area (Å²) in [5, 5.41) is 3.51. The van der Waals surface area contributed by atoms with Crippen LogP contribution in [0.25, 0.3) is 27.6 Å². The number of amides is 3. The Bertz CT molecular complexity index is 1800. The van der Waals surface area contributed by atoms with Gasteiger partial charge in [0.25, 0.3) is 5.91 Å². The van der Waals surface area contributed by atoms with Gasteiger partial charge in [-0.15, -0.1) is 0 Å². The molecular weight excluding hydrogens is 641 g/mol. The molecular formula is C37H48FN7O5. The van der Waals surface area contributed by atoms with Gasteiger partial charge in [0.05, 0.1) is 12.6 Å². The number of hydrogen-bond acceptors (Lipinski definition) is 8. The second kappa shape index (κ2) is 15.1. The van der Waals surface area contributed by atoms with Gasteiger partial charge in [0.1, 0.15) is 17.0 Å². The lowest BCUT2D eigenvalue weighted by Gasteiger charge is -2.37. The van der Waals surface area contributed by atoms with Gasteiger partial charge in [-0.2, -0.15) is 0 Å². The van der Waals surface area contributed by atoms with Crippen LogP contribution in [0.2, 0.25) is 0 Å². The molecule has 2 aliphatic rings. The molecule has 4 N–H and O–H groups in total. The maximum atomic E-state index is 16.5. The normalized spacial score (nSPS) is 15.3. The van der Waals surface area contributed by atoms with E-state index in [-0.39, 0.29) is 42.1 Å². The summed E-state index contributed by atoms with van der Waals surface area (Å²) in [6.07, 6.45) is 5.46. The number of hydrogen-bond donors (Lipinski definition) is 3. The van der Waals surface area contributed by atoms with Crippen LogP contribution in [-0.4, -0.2) is 110 Å². The molecule has 0 spiro atoms. The summed E-state index contributed by atoms with van der Waals surface area (Å²) >= 11 is 0. The molecule has 1 saturated heterocycles. The number of nitrogens with zero attached hydrogens (tertiary/aromatic N) is 4. The molecule has 268 valence electrons. The van der Waals surface area contributed by atoms with Gasteiger partial charge in [-0.3, -0.25) is 9.59 Å². The molecule has 0 radical (unpaired) electrons. The number of piperazine rings is 1. The first-order valence-electron chi connectivity index (χ1n) is 16.9. The third-order valence-corrected chi connectivity index (χ3v) is 8.81. The van der Waals surface area contributed by atoms with Crippen LogP contribution in [0.3, 0.4) is 0 Å². The second-order valence-electron chi connectivity index (χ2n) is 13.7. The maximum absolute atomic E-state index is 16.5. The third kappa shape index (κ3) is 7.98. The minimum absolute atomic E-state index is 0.0434. The summed E-state index contributed by atoms with van der Waals surface area (Å²) in [4.78, 5) is 48.8. The summed E-state index contributed by atoms with van der Waals surface area (Å²) in [7, 11) is 4.88. The minimum Gasteiger partial charge on any atom is -0.496 e. The highest BCUT2D eigenvalue weighted by molar-refractivity contribution is 6.05. The number of aromatic nitrogens is 1. The largest absolute Gasteiger partial charge is 0.496 e. The number of nitrogens with one attached hydrogen (secondary N) is 2. The zero-order chi connectivity index (χ0) is 36.2. The lowest BCUT2D eigenvalue weighted by molar-refractivity contribution is -0.130. The zero-order valence-electron chi connectivity index (χ0n) is 29.8. The van der Waals surface area contributed by atoms with Crippen molar-refractivity contribution in [3.63, 3.8) is 0 Å². The Kier molecular flexibility index (Phi) is 10.9. The first kappa shape index (κ1) is 36.1. The second-order valence-corrected chi connectivity index (χ2v) is 13.7. The highest BCUT2D eigenvalue weighted by Crippen LogP contribution is 2.41. The summed E-state index contributed by atoms with van der Waals surface area (Å²) in [6.45, 7) is 9.05. The highest BCUT2D eigenvalue weighted by atomic mass is 19.1. The van der Waals surface area contributed by atoms with E-state index in [1.165, 1.54) is 11.1 Å². The van der Waals surface area contributed by atoms with E-state index < -0.39 is 11.4 Å². The Morgan fingerprint density at radius 2 is 1.76 bits per heavy atom. The van der Waals surface area contributed by atoms with E-state index in [1.54, 1.807) is 49.3 Å². The molecule has 50 heavy (non-hydrogen) atoms. The first-order chi connectivity index (χ1) is 23.8. The van der Waals surface area contributed by atoms with Crippen LogP contribution in [0.5, 0.6) is 5.75 Å². The first-order valence-corrected chi connectivity index (χ1v) is 16.9. The average molecular weight is 690 g/mol. The minimum atomic E-state index is -0.562. The third-order valence-electron chi connectivity index (χ3n) is 8.81. The van der Waals surface area contributed by atoms with Gasteiger partial charge in [-0.25, -0.2) is 9.18 Å². The molecule has 3 amide bonds. The molecule has 1 aromatic heterocycles. The van der Waals surface area contributed by atoms with Crippen LogP contribution in [-0.2, 0) is 9.53 Å². The Morgan fingerprint density at radius 3 is 2.42 bits per heavy atom. The van der Waals surface area contributed by atoms with E-state index in [2.05, 4.69) is 15.2 Å². The zero-order valence-corrected chi connectivity index (χ0v) is 29.8. The van der Waals surface area contributed by atoms with Crippen LogP contribution in [0.15, 0.2) is 48.8 Å². The predicted octanol–water partition coefficient (Wildman–Crippen LogP) is 4.77. The standard InChI is InChI=1S/C37H48FN7O5/c1-37(2,3)50-36(48)44-18-16-43(17-19-44)25-9-10-26(31(20-25)49-6)28-21-27(33(38)34-29(28)22-30(41-34)35(47)42(4)5)24-8-7-15-45(23-24)32(46)11-13-40-14-12-39/h8-10,12,14,20-22,40-41H,7,11,13,15-19,23,39H2,1-6H3/b14-12-. The van der Waals surface area contributed by atoms with Crippen LogP contribution < -0.4 is 20.7 Å². The number of fused-ring (bicyclic) bond motifs is 1. The fourth-order valence-electron chi connectivity index (χ4n) is 6.29. The van der Waals surface area contributed by atoms with E-state index in [0.29, 0.717) is 73.5 Å². The van der Waals surface area contributed by atoms with Crippen molar-refractivity contribution < 1.29 is 28.2 Å². The number of benzene rings is 2. The smallest absolute Gasteiger partial charge is 0.410 e. The Morgan fingerprint density at radius 1 is 1.02 bits per heavy atom. The number of aromatic amines is 1. The van der Waals surface area contributed by atoms with Gasteiger partial charge in [0.2, 0.25) is 5.91 Å². The predicted molar refractivity (Wildman–Crippen MR) is 193 cm³/mol. The maximum Gasteiger partial charge on any atom is 0.410 e. The molecule has 2 aromatic carbocycles. The molecule has 3 heterocycles. The summed E-state index contributed by atoms with van der Waals surface area (Å²) < 4.78 is 28.0. The number of rotatable bonds is 9. The average Bonchev–Trinajstić information content (AvgIpc) is 3.55. The van der Waals surface area contributed by atoms with E-state index in [9.17, 15) is 14.4 Å². The molecule has 1 fully saturated rings. The molecule has 0 atom stereocenters. The van der Waals surface area contributed by atoms with Gasteiger partial charge in [0.15, 0.2) is 5.82 Å². The van der Waals surface area contributed by atoms with Crippen LogP contribution >= 0.6 is 0 Å². The van der Waals surface area contributed by atoms with Gasteiger partial charge in [-0.05, 0) is 62.6 Å². The van der Waals surface area contributed by atoms with E-state index >= 15 is 4.39 Å². The summed E-state index contributed by atoms with van der Waals surface area (Å²) in [6, 6.07) is 9.35. The van der Waals surface area contributed by atoms with Crippen molar-refractivity contribution in [2.45, 2.75) is 39.2 Å². The van der Waals surface area contributed by atoms with Gasteiger partial charge in [0, 0.05) is 107 Å². The highest BCUT2D eigenvalue weighted by Gasteiger charge is 2.28. The molecule has 13 heteroatoms. The quantitative estimate of drug-likeness (QED) is 0.274. The van der Waals surface area contributed by atoms with Crippen molar-refractivity contribution in [1.29, 1.82) is 0 Å². The summed E-state index contributed by atoms with van der Waals surface area (Å²) in [5.74, 6) is -0.243. The molecule has 5 rings (SSSR count). The number of carbonyl (C=O) groups excluding carboxylic acids is 3. The molecule has 12 nitrogen and oxygen atoms in total. The topological polar surface area (TPSA) is 136 Å². The fourth-order valence-corrected chi connectivity index (χ4v) is 6.29. The monoisotopic (exact) mass is 689 g/mol. The SMILES string of the molecule is COc1cc(N2CCN(C(=O)OC(C)(C)C)CC2)ccc1-c1cc(C2=CCCN(C(=O)CCN/C=C\N)C2)c(F)c2[nH]c(C(=O)N(C)C)cc12.